The summed E-state index contributed by atoms with van der Waals surface area (Å²) in [6.45, 7) is 5.07. The van der Waals surface area contributed by atoms with E-state index in [9.17, 15) is 14.9 Å². The van der Waals surface area contributed by atoms with Gasteiger partial charge in [0.15, 0.2) is 5.92 Å². The van der Waals surface area contributed by atoms with Crippen LogP contribution in [0.3, 0.4) is 0 Å². The fraction of sp³-hybridized carbons (Fsp3) is 0.273. The van der Waals surface area contributed by atoms with Crippen LogP contribution in [0.2, 0.25) is 0 Å². The van der Waals surface area contributed by atoms with E-state index in [0.29, 0.717) is 5.75 Å². The quantitative estimate of drug-likeness (QED) is 0.243. The molecule has 0 spiro atoms. The van der Waals surface area contributed by atoms with E-state index >= 15 is 0 Å². The van der Waals surface area contributed by atoms with Crippen LogP contribution in [0.1, 0.15) is 27.2 Å². The highest BCUT2D eigenvalue weighted by atomic mass is 32.2. The topological polar surface area (TPSA) is 94.3 Å². The summed E-state index contributed by atoms with van der Waals surface area (Å²) in [6.07, 6.45) is 0. The summed E-state index contributed by atoms with van der Waals surface area (Å²) in [7, 11) is 2.13. The number of benzene rings is 3. The predicted octanol–water partition coefficient (Wildman–Crippen LogP) is 4.53. The number of carbonyl (C=O) groups excluding carboxylic acids is 2. The van der Waals surface area contributed by atoms with Gasteiger partial charge in [0.05, 0.1) is 17.5 Å². The highest BCUT2D eigenvalue weighted by Crippen LogP contribution is 2.44. The second-order valence-electron chi connectivity index (χ2n) is 10.7. The zero-order valence-electron chi connectivity index (χ0n) is 23.5. The third-order valence-corrected chi connectivity index (χ3v) is 9.05. The number of aromatic nitrogens is 2. The molecule has 8 nitrogen and oxygen atoms in total. The summed E-state index contributed by atoms with van der Waals surface area (Å²) >= 11 is 1.63. The number of hydrogen-bond acceptors (Lipinski definition) is 7. The van der Waals surface area contributed by atoms with Crippen LogP contribution >= 0.6 is 11.8 Å². The molecule has 1 saturated heterocycles. The molecule has 0 bridgehead atoms. The highest BCUT2D eigenvalue weighted by Gasteiger charge is 2.35. The molecule has 0 radical (unpaired) electrons. The van der Waals surface area contributed by atoms with Gasteiger partial charge in [-0.2, -0.15) is 10.4 Å². The number of nitrogens with one attached hydrogen (secondary N) is 1. The first-order valence-corrected chi connectivity index (χ1v) is 15.1. The molecule has 2 aliphatic rings. The van der Waals surface area contributed by atoms with Crippen molar-refractivity contribution in [3.05, 3.63) is 101 Å². The lowest BCUT2D eigenvalue weighted by Crippen LogP contribution is -2.44. The average molecular weight is 577 g/mol. The lowest BCUT2D eigenvalue weighted by molar-refractivity contribution is -0.122. The van der Waals surface area contributed by atoms with Crippen molar-refractivity contribution < 1.29 is 9.59 Å². The summed E-state index contributed by atoms with van der Waals surface area (Å²) in [5.41, 5.74) is 5.65. The fourth-order valence-electron chi connectivity index (χ4n) is 5.54. The molecule has 1 fully saturated rings. The smallest absolute Gasteiger partial charge is 0.245 e. The number of nitriles is 1. The SMILES string of the molecule is CN1CCN(Cc2ccccc2CNC(=O)C(C#N)C(=O)c2nn(-c3ccccc3)c3c2CSc2ccccc2-3)CC1. The van der Waals surface area contributed by atoms with Crippen molar-refractivity contribution in [2.75, 3.05) is 33.2 Å². The van der Waals surface area contributed by atoms with E-state index in [1.165, 1.54) is 0 Å². The molecule has 1 aromatic heterocycles. The molecule has 9 heteroatoms. The van der Waals surface area contributed by atoms with Gasteiger partial charge in [-0.3, -0.25) is 14.5 Å². The van der Waals surface area contributed by atoms with Gasteiger partial charge in [0.2, 0.25) is 11.7 Å². The number of thioether (sulfide) groups is 1. The fourth-order valence-corrected chi connectivity index (χ4v) is 6.61. The molecule has 3 heterocycles. The zero-order chi connectivity index (χ0) is 29.1. The van der Waals surface area contributed by atoms with Crippen LogP contribution in [0.15, 0.2) is 83.8 Å². The van der Waals surface area contributed by atoms with Crippen LogP contribution in [-0.4, -0.2) is 64.5 Å². The van der Waals surface area contributed by atoms with Crippen LogP contribution in [0.4, 0.5) is 0 Å². The highest BCUT2D eigenvalue weighted by molar-refractivity contribution is 7.98. The van der Waals surface area contributed by atoms with Crippen LogP contribution in [0, 0.1) is 17.2 Å². The van der Waals surface area contributed by atoms with Gasteiger partial charge in [-0.1, -0.05) is 60.7 Å². The Balaban J connectivity index is 1.24. The van der Waals surface area contributed by atoms with Gasteiger partial charge in [-0.25, -0.2) is 4.68 Å². The summed E-state index contributed by atoms with van der Waals surface area (Å²) in [5, 5.41) is 17.6. The van der Waals surface area contributed by atoms with Gasteiger partial charge in [0.25, 0.3) is 0 Å². The number of piperazine rings is 1. The lowest BCUT2D eigenvalue weighted by Gasteiger charge is -2.32. The number of carbonyl (C=O) groups is 2. The van der Waals surface area contributed by atoms with Crippen molar-refractivity contribution in [3.63, 3.8) is 0 Å². The maximum Gasteiger partial charge on any atom is 0.245 e. The van der Waals surface area contributed by atoms with Gasteiger partial charge in [0.1, 0.15) is 5.69 Å². The first-order chi connectivity index (χ1) is 20.5. The van der Waals surface area contributed by atoms with Gasteiger partial charge in [-0.05, 0) is 36.4 Å². The molecule has 1 unspecified atom stereocenters. The van der Waals surface area contributed by atoms with E-state index in [4.69, 9.17) is 5.10 Å². The molecular formula is C33H32N6O2S. The molecule has 1 amide bonds. The van der Waals surface area contributed by atoms with E-state index in [1.807, 2.05) is 72.8 Å². The lowest BCUT2D eigenvalue weighted by atomic mass is 9.97. The van der Waals surface area contributed by atoms with Crippen molar-refractivity contribution >= 4 is 23.5 Å². The van der Waals surface area contributed by atoms with Crippen LogP contribution in [0.5, 0.6) is 0 Å². The molecule has 3 aromatic carbocycles. The normalized spacial score (nSPS) is 15.7. The second kappa shape index (κ2) is 12.3. The van der Waals surface area contributed by atoms with E-state index in [-0.39, 0.29) is 12.2 Å². The van der Waals surface area contributed by atoms with Crippen molar-refractivity contribution in [3.8, 4) is 23.0 Å². The average Bonchev–Trinajstić information content (AvgIpc) is 3.43. The molecule has 42 heavy (non-hydrogen) atoms. The third-order valence-electron chi connectivity index (χ3n) is 7.95. The number of ketones is 1. The van der Waals surface area contributed by atoms with Gasteiger partial charge < -0.3 is 10.2 Å². The first-order valence-electron chi connectivity index (χ1n) is 14.1. The number of Topliss-reactive ketones (excluding diaryl/α,β-unsaturated/α-hetero) is 1. The molecule has 1 atom stereocenters. The van der Waals surface area contributed by atoms with Crippen molar-refractivity contribution in [2.45, 2.75) is 23.7 Å². The molecule has 4 aromatic rings. The molecule has 2 aliphatic heterocycles. The monoisotopic (exact) mass is 576 g/mol. The summed E-state index contributed by atoms with van der Waals surface area (Å²) in [5.74, 6) is -2.16. The molecule has 6 rings (SSSR count). The number of rotatable bonds is 8. The Bertz CT molecular complexity index is 1650. The second-order valence-corrected chi connectivity index (χ2v) is 11.7. The van der Waals surface area contributed by atoms with Crippen LogP contribution < -0.4 is 5.32 Å². The number of likely N-dealkylation sites (N-methyl/N-ethyl adjacent to an activating group) is 1. The standard InChI is InChI=1S/C33H32N6O2S/c1-37-15-17-38(18-16-37)21-24-10-6-5-9-23(24)20-35-33(41)27(19-34)32(40)30-28-22-42-29-14-8-7-13-26(29)31(28)39(36-30)25-11-3-2-4-12-25/h2-14,27H,15-18,20-22H2,1H3,(H,35,41). The maximum atomic E-state index is 13.8. The Kier molecular flexibility index (Phi) is 8.20. The zero-order valence-corrected chi connectivity index (χ0v) is 24.3. The van der Waals surface area contributed by atoms with Gasteiger partial charge in [-0.15, -0.1) is 11.8 Å². The Morgan fingerprint density at radius 1 is 0.952 bits per heavy atom. The Labute approximate surface area is 249 Å². The number of hydrogen-bond donors (Lipinski definition) is 1. The number of para-hydroxylation sites is 1. The minimum atomic E-state index is -1.50. The summed E-state index contributed by atoms with van der Waals surface area (Å²) in [6, 6.07) is 27.6. The minimum absolute atomic E-state index is 0.174. The molecule has 0 aliphatic carbocycles. The van der Waals surface area contributed by atoms with E-state index in [1.54, 1.807) is 16.4 Å². The summed E-state index contributed by atoms with van der Waals surface area (Å²) < 4.78 is 1.77. The van der Waals surface area contributed by atoms with Gasteiger partial charge >= 0.3 is 0 Å². The van der Waals surface area contributed by atoms with Crippen LogP contribution in [-0.2, 0) is 23.6 Å². The minimum Gasteiger partial charge on any atom is -0.350 e. The number of fused-ring (bicyclic) bond motifs is 3. The van der Waals surface area contributed by atoms with Crippen molar-refractivity contribution in [1.29, 1.82) is 5.26 Å². The van der Waals surface area contributed by atoms with E-state index < -0.39 is 17.6 Å². The van der Waals surface area contributed by atoms with Crippen molar-refractivity contribution in [1.82, 2.24) is 24.9 Å². The third kappa shape index (κ3) is 5.61. The first kappa shape index (κ1) is 27.9. The van der Waals surface area contributed by atoms with E-state index in [0.717, 1.165) is 71.3 Å². The summed E-state index contributed by atoms with van der Waals surface area (Å²) in [4.78, 5) is 33.0. The predicted molar refractivity (Wildman–Crippen MR) is 163 cm³/mol. The molecule has 1 N–H and O–H groups in total. The van der Waals surface area contributed by atoms with Crippen LogP contribution in [0.25, 0.3) is 16.9 Å². The number of nitrogens with zero attached hydrogens (tertiary/aromatic N) is 5. The molecule has 0 saturated carbocycles. The molecule has 212 valence electrons. The largest absolute Gasteiger partial charge is 0.350 e. The Hall–Kier alpha value is -4.23. The van der Waals surface area contributed by atoms with Gasteiger partial charge in [0, 0.05) is 61.0 Å². The Morgan fingerprint density at radius 3 is 2.40 bits per heavy atom. The molecular weight excluding hydrogens is 544 g/mol. The van der Waals surface area contributed by atoms with E-state index in [2.05, 4.69) is 34.3 Å². The van der Waals surface area contributed by atoms with Crippen molar-refractivity contribution in [2.24, 2.45) is 5.92 Å². The maximum absolute atomic E-state index is 13.8. The Morgan fingerprint density at radius 2 is 1.64 bits per heavy atom. The number of amides is 1.